The Bertz CT molecular complexity index is 471. The van der Waals surface area contributed by atoms with E-state index in [2.05, 4.69) is 11.6 Å². The van der Waals surface area contributed by atoms with Crippen LogP contribution >= 0.6 is 11.3 Å². The molecule has 98 valence electrons. The van der Waals surface area contributed by atoms with E-state index in [-0.39, 0.29) is 5.92 Å². The molecule has 1 N–H and O–H groups in total. The predicted octanol–water partition coefficient (Wildman–Crippen LogP) is 3.98. The van der Waals surface area contributed by atoms with Crippen molar-refractivity contribution in [3.05, 3.63) is 46.0 Å². The fraction of sp³-hybridized carbons (Fsp3) is 0.400. The molecular formula is C15H21NOS. The highest BCUT2D eigenvalue weighted by Gasteiger charge is 2.14. The fourth-order valence-corrected chi connectivity index (χ4v) is 2.32. The lowest BCUT2D eigenvalue weighted by Gasteiger charge is -2.16. The van der Waals surface area contributed by atoms with Crippen LogP contribution < -0.4 is 0 Å². The Morgan fingerprint density at radius 3 is 2.67 bits per heavy atom. The molecule has 0 saturated heterocycles. The number of aryl methyl sites for hydroxylation is 1. The molecule has 0 aromatic carbocycles. The van der Waals surface area contributed by atoms with E-state index in [1.165, 1.54) is 0 Å². The van der Waals surface area contributed by atoms with Gasteiger partial charge in [0.05, 0.1) is 16.8 Å². The van der Waals surface area contributed by atoms with E-state index in [4.69, 9.17) is 0 Å². The number of hydrogen-bond acceptors (Lipinski definition) is 3. The van der Waals surface area contributed by atoms with Crippen LogP contribution in [0.4, 0.5) is 0 Å². The van der Waals surface area contributed by atoms with Crippen molar-refractivity contribution in [2.75, 3.05) is 0 Å². The first kappa shape index (κ1) is 14.9. The first-order chi connectivity index (χ1) is 8.43. The second-order valence-electron chi connectivity index (χ2n) is 4.60. The van der Waals surface area contributed by atoms with E-state index >= 15 is 0 Å². The zero-order chi connectivity index (χ0) is 13.7. The van der Waals surface area contributed by atoms with Crippen molar-refractivity contribution in [1.29, 1.82) is 0 Å². The van der Waals surface area contributed by atoms with Crippen LogP contribution in [-0.4, -0.2) is 16.2 Å². The highest BCUT2D eigenvalue weighted by molar-refractivity contribution is 7.09. The summed E-state index contributed by atoms with van der Waals surface area (Å²) in [6.45, 7) is 11.6. The summed E-state index contributed by atoms with van der Waals surface area (Å²) in [6, 6.07) is 0. The number of hydrogen-bond donors (Lipinski definition) is 1. The molecule has 0 fully saturated rings. The summed E-state index contributed by atoms with van der Waals surface area (Å²) in [5.41, 5.74) is 2.94. The number of aliphatic hydroxyl groups excluding tert-OH is 1. The number of thiazole rings is 1. The average molecular weight is 263 g/mol. The largest absolute Gasteiger partial charge is 0.388 e. The van der Waals surface area contributed by atoms with Gasteiger partial charge in [0.2, 0.25) is 0 Å². The molecule has 0 aliphatic carbocycles. The van der Waals surface area contributed by atoms with Gasteiger partial charge in [0.25, 0.3) is 0 Å². The van der Waals surface area contributed by atoms with Crippen LogP contribution in [0.15, 0.2) is 35.3 Å². The van der Waals surface area contributed by atoms with Crippen LogP contribution in [0, 0.1) is 12.8 Å². The molecule has 0 spiro atoms. The summed E-state index contributed by atoms with van der Waals surface area (Å²) in [5.74, 6) is 0.0685. The Morgan fingerprint density at radius 1 is 1.50 bits per heavy atom. The Kier molecular flexibility index (Phi) is 5.51. The second kappa shape index (κ2) is 6.66. The molecule has 1 rings (SSSR count). The van der Waals surface area contributed by atoms with E-state index in [1.54, 1.807) is 17.4 Å². The molecule has 1 aromatic heterocycles. The molecule has 2 unspecified atom stereocenters. The first-order valence-electron chi connectivity index (χ1n) is 6.03. The van der Waals surface area contributed by atoms with E-state index in [0.29, 0.717) is 0 Å². The third-order valence-corrected chi connectivity index (χ3v) is 3.62. The van der Waals surface area contributed by atoms with E-state index in [9.17, 15) is 5.11 Å². The van der Waals surface area contributed by atoms with Crippen LogP contribution in [0.25, 0.3) is 6.08 Å². The number of rotatable bonds is 5. The van der Waals surface area contributed by atoms with Crippen molar-refractivity contribution >= 4 is 17.4 Å². The van der Waals surface area contributed by atoms with Gasteiger partial charge in [-0.1, -0.05) is 31.2 Å². The molecule has 0 amide bonds. The lowest BCUT2D eigenvalue weighted by molar-refractivity contribution is 0.174. The quantitative estimate of drug-likeness (QED) is 0.815. The highest BCUT2D eigenvalue weighted by Crippen LogP contribution is 2.19. The summed E-state index contributed by atoms with van der Waals surface area (Å²) in [6.07, 6.45) is 5.29. The van der Waals surface area contributed by atoms with Crippen LogP contribution in [0.3, 0.4) is 0 Å². The lowest BCUT2D eigenvalue weighted by atomic mass is 9.95. The minimum atomic E-state index is -0.484. The van der Waals surface area contributed by atoms with Gasteiger partial charge < -0.3 is 5.11 Å². The third-order valence-electron chi connectivity index (χ3n) is 2.82. The van der Waals surface area contributed by atoms with Gasteiger partial charge in [0.15, 0.2) is 0 Å². The molecule has 3 heteroatoms. The Morgan fingerprint density at radius 2 is 2.17 bits per heavy atom. The maximum absolute atomic E-state index is 10.2. The molecule has 2 nitrogen and oxygen atoms in total. The summed E-state index contributed by atoms with van der Waals surface area (Å²) in [7, 11) is 0. The fourth-order valence-electron chi connectivity index (χ4n) is 1.75. The summed E-state index contributed by atoms with van der Waals surface area (Å²) < 4.78 is 0. The van der Waals surface area contributed by atoms with Gasteiger partial charge in [-0.25, -0.2) is 4.98 Å². The smallest absolute Gasteiger partial charge is 0.0901 e. The second-order valence-corrected chi connectivity index (χ2v) is 5.66. The molecule has 1 aromatic rings. The van der Waals surface area contributed by atoms with E-state index < -0.39 is 6.10 Å². The lowest BCUT2D eigenvalue weighted by Crippen LogP contribution is -2.17. The Labute approximate surface area is 113 Å². The molecule has 0 radical (unpaired) electrons. The van der Waals surface area contributed by atoms with Crippen LogP contribution in [0.5, 0.6) is 0 Å². The van der Waals surface area contributed by atoms with Crippen molar-refractivity contribution in [3.8, 4) is 0 Å². The van der Waals surface area contributed by atoms with Gasteiger partial charge in [0.1, 0.15) is 0 Å². The maximum atomic E-state index is 10.2. The van der Waals surface area contributed by atoms with Crippen molar-refractivity contribution in [3.63, 3.8) is 0 Å². The summed E-state index contributed by atoms with van der Waals surface area (Å²) >= 11 is 1.62. The SMILES string of the molecule is C=CC(C)=CC(C)C(O)C(C)=Cc1csc(C)n1. The topological polar surface area (TPSA) is 33.1 Å². The van der Waals surface area contributed by atoms with Crippen molar-refractivity contribution in [2.24, 2.45) is 5.92 Å². The zero-order valence-electron chi connectivity index (χ0n) is 11.5. The number of aliphatic hydroxyl groups is 1. The van der Waals surface area contributed by atoms with E-state index in [0.717, 1.165) is 21.8 Å². The van der Waals surface area contributed by atoms with Gasteiger partial charge in [-0.15, -0.1) is 11.3 Å². The van der Waals surface area contributed by atoms with Gasteiger partial charge in [-0.2, -0.15) is 0 Å². The maximum Gasteiger partial charge on any atom is 0.0901 e. The number of nitrogens with zero attached hydrogens (tertiary/aromatic N) is 1. The summed E-state index contributed by atoms with van der Waals surface area (Å²) in [5, 5.41) is 13.3. The molecule has 1 heterocycles. The van der Waals surface area contributed by atoms with Gasteiger partial charge in [-0.05, 0) is 32.4 Å². The molecule has 0 aliphatic rings. The van der Waals surface area contributed by atoms with Gasteiger partial charge in [-0.3, -0.25) is 0 Å². The first-order valence-corrected chi connectivity index (χ1v) is 6.91. The van der Waals surface area contributed by atoms with Crippen molar-refractivity contribution < 1.29 is 5.11 Å². The van der Waals surface area contributed by atoms with Crippen molar-refractivity contribution in [1.82, 2.24) is 4.98 Å². The van der Waals surface area contributed by atoms with Crippen LogP contribution in [0.2, 0.25) is 0 Å². The van der Waals surface area contributed by atoms with Gasteiger partial charge >= 0.3 is 0 Å². The molecule has 18 heavy (non-hydrogen) atoms. The molecule has 2 atom stereocenters. The van der Waals surface area contributed by atoms with Gasteiger partial charge in [0, 0.05) is 11.3 Å². The van der Waals surface area contributed by atoms with Crippen molar-refractivity contribution in [2.45, 2.75) is 33.8 Å². The third kappa shape index (κ3) is 4.24. The predicted molar refractivity (Wildman–Crippen MR) is 79.6 cm³/mol. The highest BCUT2D eigenvalue weighted by atomic mass is 32.1. The number of aromatic nitrogens is 1. The normalized spacial score (nSPS) is 16.5. The minimum absolute atomic E-state index is 0.0685. The Balaban J connectivity index is 2.80. The molecule has 0 saturated carbocycles. The van der Waals surface area contributed by atoms with E-state index in [1.807, 2.05) is 45.2 Å². The zero-order valence-corrected chi connectivity index (χ0v) is 12.3. The standard InChI is InChI=1S/C15H21NOS/c1-6-10(2)7-11(3)15(17)12(4)8-14-9-18-13(5)16-14/h6-9,11,15,17H,1H2,2-5H3. The molecule has 0 bridgehead atoms. The minimum Gasteiger partial charge on any atom is -0.388 e. The van der Waals surface area contributed by atoms with Crippen LogP contribution in [0.1, 0.15) is 31.5 Å². The molecule has 0 aliphatic heterocycles. The average Bonchev–Trinajstić information content (AvgIpc) is 2.73. The molecular weight excluding hydrogens is 242 g/mol. The Hall–Kier alpha value is -1.19. The number of allylic oxidation sites excluding steroid dienone is 2. The monoisotopic (exact) mass is 263 g/mol. The van der Waals surface area contributed by atoms with Crippen LogP contribution in [-0.2, 0) is 0 Å². The summed E-state index contributed by atoms with van der Waals surface area (Å²) in [4.78, 5) is 4.37.